The van der Waals surface area contributed by atoms with Crippen LogP contribution in [0.5, 0.6) is 0 Å². The quantitative estimate of drug-likeness (QED) is 0.363. The van der Waals surface area contributed by atoms with Crippen molar-refractivity contribution < 1.29 is 44.3 Å². The average molecular weight is 310 g/mol. The molecular formula is C15H27NaO3S. The Hall–Kier alpha value is 0.490. The van der Waals surface area contributed by atoms with Crippen molar-refractivity contribution in [2.75, 3.05) is 5.75 Å². The van der Waals surface area contributed by atoms with Gasteiger partial charge in [0.1, 0.15) is 0 Å². The van der Waals surface area contributed by atoms with Crippen molar-refractivity contribution in [2.24, 2.45) is 0 Å². The van der Waals surface area contributed by atoms with Crippen molar-refractivity contribution in [3.8, 4) is 0 Å². The van der Waals surface area contributed by atoms with E-state index in [1.165, 1.54) is 44.9 Å². The number of carbonyl (C=O) groups is 2. The minimum atomic E-state index is -1.08. The van der Waals surface area contributed by atoms with E-state index in [-0.39, 0.29) is 41.1 Å². The summed E-state index contributed by atoms with van der Waals surface area (Å²) in [4.78, 5) is 21.6. The summed E-state index contributed by atoms with van der Waals surface area (Å²) in [5.41, 5.74) is 0. The SMILES string of the molecule is CCCCCCCCCCCC(=O)SCCC(=O)[O-].[Na+]. The molecule has 0 aliphatic heterocycles. The van der Waals surface area contributed by atoms with Crippen LogP contribution in [0.3, 0.4) is 0 Å². The number of unbranched alkanes of at least 4 members (excludes halogenated alkanes) is 8. The molecule has 0 fully saturated rings. The molecule has 0 aromatic heterocycles. The third-order valence-electron chi connectivity index (χ3n) is 3.05. The molecule has 0 bridgehead atoms. The van der Waals surface area contributed by atoms with Crippen LogP contribution >= 0.6 is 11.8 Å². The van der Waals surface area contributed by atoms with E-state index in [9.17, 15) is 14.7 Å². The number of carboxylic acids is 1. The van der Waals surface area contributed by atoms with Crippen LogP contribution in [0.4, 0.5) is 0 Å². The van der Waals surface area contributed by atoms with Crippen molar-refractivity contribution in [1.29, 1.82) is 0 Å². The number of carboxylic acid groups (broad SMARTS) is 1. The van der Waals surface area contributed by atoms with Crippen LogP contribution in [-0.4, -0.2) is 16.8 Å². The van der Waals surface area contributed by atoms with E-state index in [2.05, 4.69) is 6.92 Å². The molecule has 0 aromatic rings. The number of thioether (sulfide) groups is 1. The van der Waals surface area contributed by atoms with Crippen LogP contribution in [0, 0.1) is 0 Å². The van der Waals surface area contributed by atoms with Gasteiger partial charge in [-0.2, -0.15) is 0 Å². The Morgan fingerprint density at radius 1 is 0.850 bits per heavy atom. The van der Waals surface area contributed by atoms with Gasteiger partial charge in [0.25, 0.3) is 0 Å². The van der Waals surface area contributed by atoms with Gasteiger partial charge in [-0.1, -0.05) is 70.1 Å². The summed E-state index contributed by atoms with van der Waals surface area (Å²) < 4.78 is 0. The molecule has 0 saturated heterocycles. The molecule has 0 unspecified atom stereocenters. The summed E-state index contributed by atoms with van der Waals surface area (Å²) in [6.45, 7) is 2.22. The molecule has 112 valence electrons. The molecule has 0 spiro atoms. The fourth-order valence-electron chi connectivity index (χ4n) is 1.90. The Morgan fingerprint density at radius 2 is 1.35 bits per heavy atom. The molecular weight excluding hydrogens is 283 g/mol. The van der Waals surface area contributed by atoms with E-state index >= 15 is 0 Å². The standard InChI is InChI=1S/C15H28O3S.Na/c1-2-3-4-5-6-7-8-9-10-11-15(18)19-13-12-14(16)17;/h2-13H2,1H3,(H,16,17);/q;+1/p-1. The van der Waals surface area contributed by atoms with Crippen LogP contribution in [0.25, 0.3) is 0 Å². The zero-order valence-electron chi connectivity index (χ0n) is 13.1. The van der Waals surface area contributed by atoms with E-state index < -0.39 is 5.97 Å². The van der Waals surface area contributed by atoms with Gasteiger partial charge in [0, 0.05) is 18.1 Å². The topological polar surface area (TPSA) is 57.2 Å². The maximum atomic E-state index is 11.4. The van der Waals surface area contributed by atoms with E-state index in [0.29, 0.717) is 12.2 Å². The molecule has 3 nitrogen and oxygen atoms in total. The second kappa shape index (κ2) is 17.5. The minimum absolute atomic E-state index is 0. The van der Waals surface area contributed by atoms with Crippen LogP contribution in [0.1, 0.15) is 77.6 Å². The van der Waals surface area contributed by atoms with Crippen LogP contribution in [0.15, 0.2) is 0 Å². The predicted octanol–water partition coefficient (Wildman–Crippen LogP) is 0.311. The summed E-state index contributed by atoms with van der Waals surface area (Å²) in [5, 5.41) is 10.3. The Labute approximate surface area is 150 Å². The number of rotatable bonds is 13. The Morgan fingerprint density at radius 3 is 1.85 bits per heavy atom. The van der Waals surface area contributed by atoms with E-state index in [1.807, 2.05) is 0 Å². The molecule has 20 heavy (non-hydrogen) atoms. The van der Waals surface area contributed by atoms with Crippen molar-refractivity contribution in [3.05, 3.63) is 0 Å². The normalized spacial score (nSPS) is 10.1. The Kier molecular flexibility index (Phi) is 20.0. The van der Waals surface area contributed by atoms with Gasteiger partial charge in [0.15, 0.2) is 5.12 Å². The third kappa shape index (κ3) is 18.5. The summed E-state index contributed by atoms with van der Waals surface area (Å²) in [7, 11) is 0. The maximum absolute atomic E-state index is 11.4. The smallest absolute Gasteiger partial charge is 0.550 e. The molecule has 0 radical (unpaired) electrons. The van der Waals surface area contributed by atoms with E-state index in [4.69, 9.17) is 0 Å². The van der Waals surface area contributed by atoms with Crippen LogP contribution < -0.4 is 34.7 Å². The molecule has 0 aliphatic rings. The first-order valence-electron chi connectivity index (χ1n) is 7.52. The van der Waals surface area contributed by atoms with Gasteiger partial charge in [0.2, 0.25) is 0 Å². The van der Waals surface area contributed by atoms with E-state index in [1.54, 1.807) is 0 Å². The van der Waals surface area contributed by atoms with Crippen LogP contribution in [-0.2, 0) is 9.59 Å². The van der Waals surface area contributed by atoms with Gasteiger partial charge in [-0.25, -0.2) is 0 Å². The van der Waals surface area contributed by atoms with Crippen molar-refractivity contribution in [2.45, 2.75) is 77.6 Å². The number of aliphatic carboxylic acids is 1. The largest absolute Gasteiger partial charge is 1.00 e. The van der Waals surface area contributed by atoms with Gasteiger partial charge in [0.05, 0.1) is 0 Å². The molecule has 0 rings (SSSR count). The van der Waals surface area contributed by atoms with Crippen LogP contribution in [0.2, 0.25) is 0 Å². The van der Waals surface area contributed by atoms with Gasteiger partial charge < -0.3 is 9.90 Å². The van der Waals surface area contributed by atoms with Gasteiger partial charge >= 0.3 is 29.6 Å². The number of hydrogen-bond acceptors (Lipinski definition) is 4. The molecule has 0 heterocycles. The molecule has 5 heteroatoms. The van der Waals surface area contributed by atoms with Gasteiger partial charge in [-0.3, -0.25) is 4.79 Å². The first-order chi connectivity index (χ1) is 9.16. The first kappa shape index (κ1) is 22.8. The molecule has 0 aliphatic carbocycles. The second-order valence-corrected chi connectivity index (χ2v) is 6.07. The van der Waals surface area contributed by atoms with Gasteiger partial charge in [-0.05, 0) is 12.8 Å². The molecule has 0 amide bonds. The molecule has 0 atom stereocenters. The second-order valence-electron chi connectivity index (χ2n) is 4.92. The summed E-state index contributed by atoms with van der Waals surface area (Å²) in [6.07, 6.45) is 11.7. The Bertz CT molecular complexity index is 247. The number of carbonyl (C=O) groups excluding carboxylic acids is 2. The zero-order chi connectivity index (χ0) is 14.3. The monoisotopic (exact) mass is 310 g/mol. The number of hydrogen-bond donors (Lipinski definition) is 0. The van der Waals surface area contributed by atoms with Crippen molar-refractivity contribution >= 4 is 22.8 Å². The molecule has 0 N–H and O–H groups in total. The third-order valence-corrected chi connectivity index (χ3v) is 3.99. The first-order valence-corrected chi connectivity index (χ1v) is 8.50. The predicted molar refractivity (Wildman–Crippen MR) is 78.9 cm³/mol. The summed E-state index contributed by atoms with van der Waals surface area (Å²) in [5.74, 6) is -0.734. The zero-order valence-corrected chi connectivity index (χ0v) is 15.9. The molecule has 0 saturated carbocycles. The van der Waals surface area contributed by atoms with Gasteiger partial charge in [-0.15, -0.1) is 0 Å². The fraction of sp³-hybridized carbons (Fsp3) is 0.867. The van der Waals surface area contributed by atoms with Crippen molar-refractivity contribution in [3.63, 3.8) is 0 Å². The average Bonchev–Trinajstić information content (AvgIpc) is 2.36. The molecule has 0 aromatic carbocycles. The summed E-state index contributed by atoms with van der Waals surface area (Å²) in [6, 6.07) is 0. The summed E-state index contributed by atoms with van der Waals surface area (Å²) >= 11 is 1.12. The maximum Gasteiger partial charge on any atom is 1.00 e. The van der Waals surface area contributed by atoms with E-state index in [0.717, 1.165) is 24.6 Å². The minimum Gasteiger partial charge on any atom is -0.550 e. The fourth-order valence-corrected chi connectivity index (χ4v) is 2.69. The van der Waals surface area contributed by atoms with Crippen molar-refractivity contribution in [1.82, 2.24) is 0 Å². The Balaban J connectivity index is 0.